The van der Waals surface area contributed by atoms with Gasteiger partial charge in [-0.3, -0.25) is 14.5 Å². The molecule has 0 aliphatic carbocycles. The van der Waals surface area contributed by atoms with Crippen molar-refractivity contribution < 1.29 is 18.4 Å². The fourth-order valence-corrected chi connectivity index (χ4v) is 18.9. The first-order valence-electron chi connectivity index (χ1n) is 32.3. The second-order valence-corrected chi connectivity index (χ2v) is 28.8. The summed E-state index contributed by atoms with van der Waals surface area (Å²) in [7, 11) is 0. The minimum Gasteiger partial charge on any atom is -0.459 e. The molecule has 0 bridgehead atoms. The van der Waals surface area contributed by atoms with E-state index in [4.69, 9.17) is 8.83 Å². The highest BCUT2D eigenvalue weighted by molar-refractivity contribution is 7.28. The first-order chi connectivity index (χ1) is 40.5. The molecule has 4 unspecified atom stereocenters. The molecule has 5 nitrogen and oxygen atoms in total. The van der Waals surface area contributed by atoms with E-state index in [-0.39, 0.29) is 17.2 Å². The Kier molecular flexibility index (Phi) is 20.3. The Morgan fingerprint density at radius 1 is 0.518 bits per heavy atom. The molecule has 0 radical (unpaired) electrons. The standard InChI is InChI=1S/C74H91NO4S4/c1-10-18-22-23-24-31-44-75-71(76)64-63-68(82-69(64)72(75)77)67(83-70(63)73(9,43-21-13-4)51-34-27-25-28-35-51)57-47-55-61(58-40-38-53(80-58)45-49(15-6)32-19-11-2)66-56(48-60(79-66)74(17-8,42-14-5)52-36-29-26-30-37-52)62(65(55)78-57)59-41-39-54(81-59)46-50(16-7)33-20-12-3/h25-30,34-41,47-50H,10-24,31-33,42-46H2,1-9H3. The maximum absolute atomic E-state index is 15.1. The number of carbonyl (C=O) groups is 2. The summed E-state index contributed by atoms with van der Waals surface area (Å²) in [6, 6.07) is 36.1. The summed E-state index contributed by atoms with van der Waals surface area (Å²) in [5, 5.41) is 3.07. The van der Waals surface area contributed by atoms with E-state index in [1.165, 1.54) is 113 Å². The van der Waals surface area contributed by atoms with Crippen LogP contribution in [-0.2, 0) is 23.7 Å². The highest BCUT2D eigenvalue weighted by Gasteiger charge is 2.45. The van der Waals surface area contributed by atoms with E-state index in [0.717, 1.165) is 135 Å². The molecule has 4 atom stereocenters. The van der Waals surface area contributed by atoms with Gasteiger partial charge in [-0.05, 0) is 97.9 Å². The van der Waals surface area contributed by atoms with Crippen molar-refractivity contribution in [1.82, 2.24) is 4.90 Å². The van der Waals surface area contributed by atoms with Crippen LogP contribution in [0.15, 0.2) is 106 Å². The van der Waals surface area contributed by atoms with Gasteiger partial charge in [0.15, 0.2) is 0 Å². The number of fused-ring (bicyclic) bond motifs is 5. The van der Waals surface area contributed by atoms with Crippen LogP contribution >= 0.6 is 45.3 Å². The lowest BCUT2D eigenvalue weighted by Crippen LogP contribution is -2.31. The van der Waals surface area contributed by atoms with Crippen LogP contribution in [0, 0.1) is 11.8 Å². The molecule has 2 amide bonds. The van der Waals surface area contributed by atoms with Crippen LogP contribution in [0.3, 0.4) is 0 Å². The van der Waals surface area contributed by atoms with Crippen LogP contribution in [0.4, 0.5) is 0 Å². The van der Waals surface area contributed by atoms with E-state index in [0.29, 0.717) is 28.8 Å². The summed E-state index contributed by atoms with van der Waals surface area (Å²) in [6.45, 7) is 21.3. The number of unbranched alkanes of at least 4 members (excludes halogenated alkanes) is 8. The Morgan fingerprint density at radius 3 is 1.66 bits per heavy atom. The maximum Gasteiger partial charge on any atom is 0.271 e. The van der Waals surface area contributed by atoms with Crippen molar-refractivity contribution >= 4 is 89.2 Å². The van der Waals surface area contributed by atoms with Gasteiger partial charge in [0.1, 0.15) is 27.6 Å². The molecule has 83 heavy (non-hydrogen) atoms. The third-order valence-electron chi connectivity index (χ3n) is 18.8. The number of benzene rings is 3. The molecular formula is C74H91NO4S4. The van der Waals surface area contributed by atoms with Crippen molar-refractivity contribution in [3.63, 3.8) is 0 Å². The topological polar surface area (TPSA) is 63.7 Å². The number of imide groups is 1. The largest absolute Gasteiger partial charge is 0.459 e. The second kappa shape index (κ2) is 27.5. The average Bonchev–Trinajstić information content (AvgIpc) is 1.93. The van der Waals surface area contributed by atoms with Crippen molar-refractivity contribution in [3.05, 3.63) is 139 Å². The SMILES string of the molecule is CCCCCCCCN1C(=O)c2sc3c(-c4cc5c(-c6ccc(CC(CC)CCCC)s6)c6oc(C(CC)(CCC)c7ccccc7)cc6c(-c6ccc(CC(CC)CCCC)s6)c5o4)sc(C(C)(CCCC)c4ccccc4)c3c2C1=O. The number of carbonyl (C=O) groups excluding carboxylic acids is 2. The van der Waals surface area contributed by atoms with Gasteiger partial charge in [0, 0.05) is 63.6 Å². The molecule has 10 rings (SSSR count). The first-order valence-corrected chi connectivity index (χ1v) is 35.6. The summed E-state index contributed by atoms with van der Waals surface area (Å²) in [5.41, 5.74) is 6.28. The van der Waals surface area contributed by atoms with E-state index in [1.807, 2.05) is 22.7 Å². The van der Waals surface area contributed by atoms with Crippen LogP contribution in [0.2, 0.25) is 0 Å². The van der Waals surface area contributed by atoms with E-state index in [1.54, 1.807) is 16.2 Å². The average molecular weight is 1190 g/mol. The van der Waals surface area contributed by atoms with E-state index < -0.39 is 5.41 Å². The lowest BCUT2D eigenvalue weighted by atomic mass is 9.72. The highest BCUT2D eigenvalue weighted by Crippen LogP contribution is 2.58. The Morgan fingerprint density at radius 2 is 1.08 bits per heavy atom. The van der Waals surface area contributed by atoms with Gasteiger partial charge in [-0.25, -0.2) is 0 Å². The number of hydrogen-bond acceptors (Lipinski definition) is 8. The molecule has 9 aromatic rings. The fourth-order valence-electron chi connectivity index (χ4n) is 13.7. The van der Waals surface area contributed by atoms with Crippen LogP contribution in [-0.4, -0.2) is 23.3 Å². The molecule has 0 spiro atoms. The first kappa shape index (κ1) is 61.0. The molecule has 440 valence electrons. The number of nitrogens with zero attached hydrogens (tertiary/aromatic N) is 1. The Bertz CT molecular complexity index is 3490. The number of rotatable bonds is 32. The lowest BCUT2D eigenvalue weighted by Gasteiger charge is -2.31. The summed E-state index contributed by atoms with van der Waals surface area (Å²) < 4.78 is 16.5. The Hall–Kier alpha value is -5.06. The van der Waals surface area contributed by atoms with E-state index >= 15 is 4.79 Å². The zero-order valence-electron chi connectivity index (χ0n) is 51.4. The van der Waals surface area contributed by atoms with Gasteiger partial charge in [-0.2, -0.15) is 0 Å². The summed E-state index contributed by atoms with van der Waals surface area (Å²) >= 11 is 7.12. The summed E-state index contributed by atoms with van der Waals surface area (Å²) in [5.74, 6) is 2.76. The quantitative estimate of drug-likeness (QED) is 0.0311. The molecule has 0 saturated heterocycles. The maximum atomic E-state index is 15.1. The van der Waals surface area contributed by atoms with Gasteiger partial charge >= 0.3 is 0 Å². The number of hydrogen-bond donors (Lipinski definition) is 0. The van der Waals surface area contributed by atoms with Crippen LogP contribution in [0.5, 0.6) is 0 Å². The number of amides is 2. The van der Waals surface area contributed by atoms with Gasteiger partial charge in [0.25, 0.3) is 11.8 Å². The third kappa shape index (κ3) is 12.1. The van der Waals surface area contributed by atoms with Crippen LogP contribution < -0.4 is 0 Å². The van der Waals surface area contributed by atoms with Crippen molar-refractivity contribution in [2.45, 2.75) is 214 Å². The molecule has 0 fully saturated rings. The highest BCUT2D eigenvalue weighted by atomic mass is 32.1. The predicted molar refractivity (Wildman–Crippen MR) is 359 cm³/mol. The monoisotopic (exact) mass is 1190 g/mol. The number of thiophene rings is 4. The summed E-state index contributed by atoms with van der Waals surface area (Å²) in [6.07, 6.45) is 24.3. The predicted octanol–water partition coefficient (Wildman–Crippen LogP) is 24.0. The van der Waals surface area contributed by atoms with Gasteiger partial charge in [-0.1, -0.05) is 226 Å². The second-order valence-electron chi connectivity index (χ2n) is 24.4. The molecule has 6 aromatic heterocycles. The zero-order chi connectivity index (χ0) is 58.3. The van der Waals surface area contributed by atoms with Gasteiger partial charge in [0.2, 0.25) is 0 Å². The molecule has 0 N–H and O–H groups in total. The molecule has 0 saturated carbocycles. The smallest absolute Gasteiger partial charge is 0.271 e. The Balaban J connectivity index is 1.25. The minimum atomic E-state index is -0.438. The van der Waals surface area contributed by atoms with E-state index in [9.17, 15) is 4.79 Å². The number of furan rings is 2. The zero-order valence-corrected chi connectivity index (χ0v) is 54.6. The van der Waals surface area contributed by atoms with E-state index in [2.05, 4.69) is 159 Å². The van der Waals surface area contributed by atoms with Gasteiger partial charge < -0.3 is 8.83 Å². The van der Waals surface area contributed by atoms with Crippen molar-refractivity contribution in [1.29, 1.82) is 0 Å². The third-order valence-corrected chi connectivity index (χ3v) is 23.8. The fraction of sp³-hybridized carbons (Fsp3) is 0.486. The van der Waals surface area contributed by atoms with Crippen molar-refractivity contribution in [2.75, 3.05) is 6.54 Å². The molecule has 3 aromatic carbocycles. The molecule has 1 aliphatic rings. The van der Waals surface area contributed by atoms with Crippen molar-refractivity contribution in [3.8, 4) is 31.5 Å². The minimum absolute atomic E-state index is 0.143. The molecule has 9 heteroatoms. The van der Waals surface area contributed by atoms with Crippen LogP contribution in [0.1, 0.15) is 242 Å². The van der Waals surface area contributed by atoms with Crippen LogP contribution in [0.25, 0.3) is 63.5 Å². The molecular weight excluding hydrogens is 1100 g/mol. The Labute approximate surface area is 512 Å². The van der Waals surface area contributed by atoms with Crippen molar-refractivity contribution in [2.24, 2.45) is 11.8 Å². The lowest BCUT2D eigenvalue weighted by molar-refractivity contribution is 0.0653. The summed E-state index contributed by atoms with van der Waals surface area (Å²) in [4.78, 5) is 39.3. The van der Waals surface area contributed by atoms with Gasteiger partial charge in [-0.15, -0.1) is 45.3 Å². The van der Waals surface area contributed by atoms with Gasteiger partial charge in [0.05, 0.1) is 20.6 Å². The molecule has 1 aliphatic heterocycles. The molecule has 7 heterocycles. The normalized spacial score (nSPS) is 15.1.